The fourth-order valence-corrected chi connectivity index (χ4v) is 9.59. The smallest absolute Gasteiger partial charge is 0.246 e. The van der Waals surface area contributed by atoms with Gasteiger partial charge in [-0.3, -0.25) is 9.63 Å². The second kappa shape index (κ2) is 5.82. The molecular weight excluding hydrogens is 290 g/mol. The van der Waals surface area contributed by atoms with Gasteiger partial charge in [0.1, 0.15) is 0 Å². The molecule has 120 valence electrons. The summed E-state index contributed by atoms with van der Waals surface area (Å²) in [7, 11) is 0.0614. The lowest BCUT2D eigenvalue weighted by atomic mass is 9.92. The summed E-state index contributed by atoms with van der Waals surface area (Å²) < 4.78 is 0. The molecule has 1 saturated carbocycles. The minimum absolute atomic E-state index is 0.163. The van der Waals surface area contributed by atoms with E-state index in [-0.39, 0.29) is 11.9 Å². The van der Waals surface area contributed by atoms with Crippen molar-refractivity contribution in [2.45, 2.75) is 50.9 Å². The lowest BCUT2D eigenvalue weighted by Crippen LogP contribution is -2.52. The van der Waals surface area contributed by atoms with Gasteiger partial charge in [0, 0.05) is 6.42 Å². The van der Waals surface area contributed by atoms with Gasteiger partial charge in [-0.25, -0.2) is 5.06 Å². The lowest BCUT2D eigenvalue weighted by molar-refractivity contribution is -0.199. The SMILES string of the molecule is CON1C(=O)CC[C@H]2[C@@H]1CC(C)[C@@H]2[Si](C)(C)c1ccccc1. The van der Waals surface area contributed by atoms with E-state index in [1.54, 1.807) is 12.2 Å². The Kier molecular flexibility index (Phi) is 4.16. The first-order chi connectivity index (χ1) is 10.5. The molecular formula is C18H27NO2Si. The summed E-state index contributed by atoms with van der Waals surface area (Å²) in [6.07, 6.45) is 2.75. The summed E-state index contributed by atoms with van der Waals surface area (Å²) in [6.45, 7) is 7.37. The van der Waals surface area contributed by atoms with E-state index in [0.717, 1.165) is 12.8 Å². The number of fused-ring (bicyclic) bond motifs is 1. The highest BCUT2D eigenvalue weighted by molar-refractivity contribution is 6.91. The zero-order valence-corrected chi connectivity index (χ0v) is 15.1. The number of rotatable bonds is 3. The highest BCUT2D eigenvalue weighted by atomic mass is 28.3. The molecule has 4 heteroatoms. The minimum atomic E-state index is -1.58. The van der Waals surface area contributed by atoms with Crippen LogP contribution < -0.4 is 5.19 Å². The Morgan fingerprint density at radius 1 is 1.23 bits per heavy atom. The molecule has 1 aliphatic heterocycles. The van der Waals surface area contributed by atoms with Gasteiger partial charge in [0.25, 0.3) is 0 Å². The van der Waals surface area contributed by atoms with E-state index in [1.165, 1.54) is 5.19 Å². The van der Waals surface area contributed by atoms with Gasteiger partial charge in [0.2, 0.25) is 5.91 Å². The third kappa shape index (κ3) is 2.42. The van der Waals surface area contributed by atoms with Crippen LogP contribution in [-0.2, 0) is 9.63 Å². The van der Waals surface area contributed by atoms with Gasteiger partial charge in [0.05, 0.1) is 21.2 Å². The molecule has 1 amide bonds. The van der Waals surface area contributed by atoms with E-state index in [4.69, 9.17) is 4.84 Å². The molecule has 1 aromatic carbocycles. The second-order valence-corrected chi connectivity index (χ2v) is 12.2. The van der Waals surface area contributed by atoms with Crippen molar-refractivity contribution in [1.82, 2.24) is 5.06 Å². The summed E-state index contributed by atoms with van der Waals surface area (Å²) in [5.74, 6) is 1.41. The molecule has 1 aliphatic carbocycles. The van der Waals surface area contributed by atoms with E-state index in [0.29, 0.717) is 23.8 Å². The predicted molar refractivity (Wildman–Crippen MR) is 91.5 cm³/mol. The molecule has 1 saturated heterocycles. The molecule has 0 bridgehead atoms. The fourth-order valence-electron chi connectivity index (χ4n) is 5.13. The molecule has 1 unspecified atom stereocenters. The number of benzene rings is 1. The van der Waals surface area contributed by atoms with Gasteiger partial charge < -0.3 is 0 Å². The molecule has 3 rings (SSSR count). The Labute approximate surface area is 134 Å². The second-order valence-electron chi connectivity index (χ2n) is 7.50. The number of carbonyl (C=O) groups excluding carboxylic acids is 1. The summed E-state index contributed by atoms with van der Waals surface area (Å²) in [5.41, 5.74) is 0.714. The van der Waals surface area contributed by atoms with E-state index in [9.17, 15) is 4.79 Å². The zero-order chi connectivity index (χ0) is 15.9. The van der Waals surface area contributed by atoms with Crippen LogP contribution in [0.15, 0.2) is 30.3 Å². The van der Waals surface area contributed by atoms with Gasteiger partial charge in [-0.05, 0) is 30.2 Å². The Balaban J connectivity index is 1.93. The van der Waals surface area contributed by atoms with E-state index in [2.05, 4.69) is 50.3 Å². The minimum Gasteiger partial charge on any atom is -0.274 e. The fraction of sp³-hybridized carbons (Fsp3) is 0.611. The molecule has 0 aromatic heterocycles. The zero-order valence-electron chi connectivity index (χ0n) is 14.1. The van der Waals surface area contributed by atoms with E-state index < -0.39 is 8.07 Å². The lowest BCUT2D eigenvalue weighted by Gasteiger charge is -2.42. The third-order valence-electron chi connectivity index (χ3n) is 5.97. The van der Waals surface area contributed by atoms with Crippen molar-refractivity contribution in [2.75, 3.05) is 7.11 Å². The maximum atomic E-state index is 12.1. The van der Waals surface area contributed by atoms with Crippen LogP contribution in [0.25, 0.3) is 0 Å². The molecule has 4 atom stereocenters. The quantitative estimate of drug-likeness (QED) is 0.801. The predicted octanol–water partition coefficient (Wildman–Crippen LogP) is 3.18. The Bertz CT molecular complexity index is 545. The highest BCUT2D eigenvalue weighted by Gasteiger charge is 2.53. The van der Waals surface area contributed by atoms with Crippen LogP contribution in [0, 0.1) is 11.8 Å². The average molecular weight is 318 g/mol. The number of nitrogens with zero attached hydrogens (tertiary/aromatic N) is 1. The van der Waals surface area contributed by atoms with Crippen LogP contribution in [0.2, 0.25) is 18.6 Å². The van der Waals surface area contributed by atoms with E-state index >= 15 is 0 Å². The van der Waals surface area contributed by atoms with Crippen molar-refractivity contribution in [3.63, 3.8) is 0 Å². The number of amides is 1. The maximum Gasteiger partial charge on any atom is 0.246 e. The Morgan fingerprint density at radius 2 is 1.91 bits per heavy atom. The van der Waals surface area contributed by atoms with Gasteiger partial charge in [-0.2, -0.15) is 0 Å². The largest absolute Gasteiger partial charge is 0.274 e. The number of piperidine rings is 1. The van der Waals surface area contributed by atoms with E-state index in [1.807, 2.05) is 0 Å². The van der Waals surface area contributed by atoms with Gasteiger partial charge >= 0.3 is 0 Å². The molecule has 0 N–H and O–H groups in total. The van der Waals surface area contributed by atoms with Crippen LogP contribution in [-0.4, -0.2) is 32.2 Å². The standard InChI is InChI=1S/C18H27NO2Si/c1-13-12-16-15(10-11-17(20)19(16)21-2)18(13)22(3,4)14-8-6-5-7-9-14/h5-9,13,15-16,18H,10-12H2,1-4H3/t13?,15-,16-,18-/m0/s1. The number of hydrogen-bond donors (Lipinski definition) is 0. The molecule has 1 aromatic rings. The summed E-state index contributed by atoms with van der Waals surface area (Å²) in [5, 5.41) is 3.22. The summed E-state index contributed by atoms with van der Waals surface area (Å²) >= 11 is 0. The molecule has 22 heavy (non-hydrogen) atoms. The van der Waals surface area contributed by atoms with Gasteiger partial charge in [-0.1, -0.05) is 55.5 Å². The molecule has 0 radical (unpaired) electrons. The van der Waals surface area contributed by atoms with Crippen molar-refractivity contribution in [3.8, 4) is 0 Å². The highest BCUT2D eigenvalue weighted by Crippen LogP contribution is 2.52. The normalized spacial score (nSPS) is 32.2. The van der Waals surface area contributed by atoms with Crippen molar-refractivity contribution < 1.29 is 9.63 Å². The average Bonchev–Trinajstić information content (AvgIpc) is 2.84. The van der Waals surface area contributed by atoms with Crippen molar-refractivity contribution in [2.24, 2.45) is 11.8 Å². The van der Waals surface area contributed by atoms with Crippen molar-refractivity contribution in [3.05, 3.63) is 30.3 Å². The Morgan fingerprint density at radius 3 is 2.55 bits per heavy atom. The van der Waals surface area contributed by atoms with Crippen LogP contribution in [0.1, 0.15) is 26.2 Å². The number of carbonyl (C=O) groups is 1. The van der Waals surface area contributed by atoms with Gasteiger partial charge in [-0.15, -0.1) is 0 Å². The summed E-state index contributed by atoms with van der Waals surface area (Å²) in [4.78, 5) is 17.5. The molecule has 2 fully saturated rings. The molecule has 2 aliphatic rings. The van der Waals surface area contributed by atoms with Crippen molar-refractivity contribution in [1.29, 1.82) is 0 Å². The maximum absolute atomic E-state index is 12.1. The third-order valence-corrected chi connectivity index (χ3v) is 10.5. The van der Waals surface area contributed by atoms with Crippen LogP contribution in [0.5, 0.6) is 0 Å². The Hall–Kier alpha value is -1.13. The molecule has 1 heterocycles. The number of hydroxylamine groups is 2. The first-order valence-electron chi connectivity index (χ1n) is 8.38. The van der Waals surface area contributed by atoms with Crippen molar-refractivity contribution >= 4 is 19.2 Å². The first kappa shape index (κ1) is 15.8. The summed E-state index contributed by atoms with van der Waals surface area (Å²) in [6, 6.07) is 11.3. The first-order valence-corrected chi connectivity index (χ1v) is 11.5. The number of hydrogen-bond acceptors (Lipinski definition) is 2. The van der Waals surface area contributed by atoms with Crippen LogP contribution in [0.4, 0.5) is 0 Å². The van der Waals surface area contributed by atoms with Gasteiger partial charge in [0.15, 0.2) is 0 Å². The molecule has 3 nitrogen and oxygen atoms in total. The molecule has 0 spiro atoms. The van der Waals surface area contributed by atoms with Crippen LogP contribution >= 0.6 is 0 Å². The van der Waals surface area contributed by atoms with Crippen LogP contribution in [0.3, 0.4) is 0 Å². The topological polar surface area (TPSA) is 29.5 Å². The monoisotopic (exact) mass is 317 g/mol.